The molecule has 0 saturated heterocycles. The Balaban J connectivity index is 1.96. The van der Waals surface area contributed by atoms with E-state index in [1.807, 2.05) is 54.7 Å². The van der Waals surface area contributed by atoms with Gasteiger partial charge in [0.2, 0.25) is 0 Å². The molecule has 2 heteroatoms. The van der Waals surface area contributed by atoms with E-state index in [1.165, 1.54) is 5.39 Å². The standard InChI is InChI=1S/C15H12N2/c1-2-6-15-12(4-1)7-8-14(17-15)10-9-13-5-3-11-16-13/h1-11,16H/b10-9+. The van der Waals surface area contributed by atoms with E-state index in [0.29, 0.717) is 0 Å². The van der Waals surface area contributed by atoms with Crippen LogP contribution in [0.15, 0.2) is 54.7 Å². The number of para-hydroxylation sites is 1. The molecule has 1 aromatic carbocycles. The molecule has 0 fully saturated rings. The highest BCUT2D eigenvalue weighted by Gasteiger charge is 1.94. The van der Waals surface area contributed by atoms with E-state index >= 15 is 0 Å². The maximum Gasteiger partial charge on any atom is 0.0709 e. The second-order valence-corrected chi connectivity index (χ2v) is 3.89. The zero-order chi connectivity index (χ0) is 11.5. The Morgan fingerprint density at radius 2 is 1.82 bits per heavy atom. The number of fused-ring (bicyclic) bond motifs is 1. The molecular formula is C15H12N2. The number of nitrogens with one attached hydrogen (secondary N) is 1. The molecule has 82 valence electrons. The first-order valence-electron chi connectivity index (χ1n) is 5.59. The van der Waals surface area contributed by atoms with Gasteiger partial charge in [0.15, 0.2) is 0 Å². The molecule has 2 heterocycles. The average molecular weight is 220 g/mol. The summed E-state index contributed by atoms with van der Waals surface area (Å²) in [5, 5.41) is 1.17. The number of pyridine rings is 1. The minimum Gasteiger partial charge on any atom is -0.362 e. The van der Waals surface area contributed by atoms with E-state index in [1.54, 1.807) is 0 Å². The van der Waals surface area contributed by atoms with Gasteiger partial charge in [-0.25, -0.2) is 4.98 Å². The Hall–Kier alpha value is -2.35. The summed E-state index contributed by atoms with van der Waals surface area (Å²) in [6.45, 7) is 0. The second-order valence-electron chi connectivity index (χ2n) is 3.89. The van der Waals surface area contributed by atoms with Gasteiger partial charge in [-0.2, -0.15) is 0 Å². The first kappa shape index (κ1) is 9.85. The van der Waals surface area contributed by atoms with Crippen LogP contribution in [-0.2, 0) is 0 Å². The monoisotopic (exact) mass is 220 g/mol. The average Bonchev–Trinajstić information content (AvgIpc) is 2.89. The van der Waals surface area contributed by atoms with Crippen LogP contribution in [0, 0.1) is 0 Å². The molecular weight excluding hydrogens is 208 g/mol. The van der Waals surface area contributed by atoms with Crippen LogP contribution in [0.3, 0.4) is 0 Å². The van der Waals surface area contributed by atoms with E-state index in [9.17, 15) is 0 Å². The van der Waals surface area contributed by atoms with Gasteiger partial charge in [0.25, 0.3) is 0 Å². The predicted molar refractivity (Wildman–Crippen MR) is 71.5 cm³/mol. The summed E-state index contributed by atoms with van der Waals surface area (Å²) in [6, 6.07) is 16.3. The van der Waals surface area contributed by atoms with Crippen molar-refractivity contribution in [3.63, 3.8) is 0 Å². The minimum atomic E-state index is 0.971. The lowest BCUT2D eigenvalue weighted by atomic mass is 10.2. The largest absolute Gasteiger partial charge is 0.362 e. The molecule has 17 heavy (non-hydrogen) atoms. The van der Waals surface area contributed by atoms with Crippen LogP contribution in [-0.4, -0.2) is 9.97 Å². The van der Waals surface area contributed by atoms with Crippen LogP contribution < -0.4 is 0 Å². The zero-order valence-electron chi connectivity index (χ0n) is 9.30. The first-order valence-corrected chi connectivity index (χ1v) is 5.59. The van der Waals surface area contributed by atoms with Crippen molar-refractivity contribution in [2.24, 2.45) is 0 Å². The molecule has 0 unspecified atom stereocenters. The third-order valence-corrected chi connectivity index (χ3v) is 2.68. The minimum absolute atomic E-state index is 0.971. The molecule has 3 rings (SSSR count). The molecule has 0 saturated carbocycles. The van der Waals surface area contributed by atoms with E-state index in [0.717, 1.165) is 16.9 Å². The van der Waals surface area contributed by atoms with Gasteiger partial charge in [0, 0.05) is 17.3 Å². The summed E-state index contributed by atoms with van der Waals surface area (Å²) in [4.78, 5) is 7.70. The van der Waals surface area contributed by atoms with Crippen LogP contribution in [0.4, 0.5) is 0 Å². The smallest absolute Gasteiger partial charge is 0.0709 e. The summed E-state index contributed by atoms with van der Waals surface area (Å²) in [6.07, 6.45) is 5.95. The molecule has 2 nitrogen and oxygen atoms in total. The predicted octanol–water partition coefficient (Wildman–Crippen LogP) is 3.73. The van der Waals surface area contributed by atoms with Crippen molar-refractivity contribution in [3.05, 3.63) is 66.1 Å². The quantitative estimate of drug-likeness (QED) is 0.700. The van der Waals surface area contributed by atoms with Crippen LogP contribution >= 0.6 is 0 Å². The molecule has 0 atom stereocenters. The molecule has 2 aromatic heterocycles. The number of hydrogen-bond acceptors (Lipinski definition) is 1. The lowest BCUT2D eigenvalue weighted by Crippen LogP contribution is -1.82. The van der Waals surface area contributed by atoms with Crippen molar-refractivity contribution in [1.82, 2.24) is 9.97 Å². The number of aromatic amines is 1. The van der Waals surface area contributed by atoms with Gasteiger partial charge in [-0.15, -0.1) is 0 Å². The summed E-state index contributed by atoms with van der Waals surface area (Å²) in [7, 11) is 0. The maximum absolute atomic E-state index is 4.57. The molecule has 0 bridgehead atoms. The Morgan fingerprint density at radius 3 is 2.71 bits per heavy atom. The topological polar surface area (TPSA) is 28.7 Å². The SMILES string of the molecule is C(=C\c1ccc[nH]1)/c1ccc2ccccc2n1. The zero-order valence-corrected chi connectivity index (χ0v) is 9.30. The van der Waals surface area contributed by atoms with Crippen LogP contribution in [0.25, 0.3) is 23.1 Å². The van der Waals surface area contributed by atoms with E-state index < -0.39 is 0 Å². The summed E-state index contributed by atoms with van der Waals surface area (Å²) in [5.41, 5.74) is 3.08. The van der Waals surface area contributed by atoms with Gasteiger partial charge in [0.05, 0.1) is 11.2 Å². The van der Waals surface area contributed by atoms with E-state index in [2.05, 4.69) is 22.1 Å². The Labute approximate surface area is 99.6 Å². The number of benzene rings is 1. The highest BCUT2D eigenvalue weighted by molar-refractivity contribution is 5.80. The lowest BCUT2D eigenvalue weighted by Gasteiger charge is -1.97. The second kappa shape index (κ2) is 4.26. The fourth-order valence-corrected chi connectivity index (χ4v) is 1.80. The van der Waals surface area contributed by atoms with Crippen LogP contribution in [0.2, 0.25) is 0 Å². The van der Waals surface area contributed by atoms with Gasteiger partial charge in [-0.05, 0) is 36.4 Å². The number of nitrogens with zero attached hydrogens (tertiary/aromatic N) is 1. The highest BCUT2D eigenvalue weighted by Crippen LogP contribution is 2.13. The van der Waals surface area contributed by atoms with Crippen molar-refractivity contribution in [3.8, 4) is 0 Å². The fourth-order valence-electron chi connectivity index (χ4n) is 1.80. The first-order chi connectivity index (χ1) is 8.42. The number of aromatic nitrogens is 2. The van der Waals surface area contributed by atoms with Gasteiger partial charge >= 0.3 is 0 Å². The van der Waals surface area contributed by atoms with Crippen LogP contribution in [0.1, 0.15) is 11.4 Å². The molecule has 0 amide bonds. The highest BCUT2D eigenvalue weighted by atomic mass is 14.7. The molecule has 3 aromatic rings. The molecule has 1 N–H and O–H groups in total. The lowest BCUT2D eigenvalue weighted by molar-refractivity contribution is 1.36. The molecule has 0 spiro atoms. The van der Waals surface area contributed by atoms with E-state index in [-0.39, 0.29) is 0 Å². The number of hydrogen-bond donors (Lipinski definition) is 1. The Morgan fingerprint density at radius 1 is 0.882 bits per heavy atom. The third kappa shape index (κ3) is 2.11. The van der Waals surface area contributed by atoms with E-state index in [4.69, 9.17) is 0 Å². The van der Waals surface area contributed by atoms with Gasteiger partial charge in [-0.3, -0.25) is 0 Å². The number of H-pyrrole nitrogens is 1. The normalized spacial score (nSPS) is 11.3. The molecule has 0 radical (unpaired) electrons. The van der Waals surface area contributed by atoms with Gasteiger partial charge in [0.1, 0.15) is 0 Å². The van der Waals surface area contributed by atoms with Crippen molar-refractivity contribution in [1.29, 1.82) is 0 Å². The third-order valence-electron chi connectivity index (χ3n) is 2.68. The molecule has 0 aliphatic heterocycles. The maximum atomic E-state index is 4.57. The molecule has 0 aliphatic carbocycles. The van der Waals surface area contributed by atoms with Crippen molar-refractivity contribution in [2.45, 2.75) is 0 Å². The Bertz CT molecular complexity index is 652. The van der Waals surface area contributed by atoms with Gasteiger partial charge < -0.3 is 4.98 Å². The summed E-state index contributed by atoms with van der Waals surface area (Å²) < 4.78 is 0. The number of rotatable bonds is 2. The fraction of sp³-hybridized carbons (Fsp3) is 0. The molecule has 0 aliphatic rings. The summed E-state index contributed by atoms with van der Waals surface area (Å²) >= 11 is 0. The van der Waals surface area contributed by atoms with Crippen molar-refractivity contribution >= 4 is 23.1 Å². The van der Waals surface area contributed by atoms with Gasteiger partial charge in [-0.1, -0.05) is 24.3 Å². The van der Waals surface area contributed by atoms with Crippen molar-refractivity contribution < 1.29 is 0 Å². The Kier molecular flexibility index (Phi) is 2.47. The summed E-state index contributed by atoms with van der Waals surface area (Å²) in [5.74, 6) is 0. The van der Waals surface area contributed by atoms with Crippen molar-refractivity contribution in [2.75, 3.05) is 0 Å². The van der Waals surface area contributed by atoms with Crippen LogP contribution in [0.5, 0.6) is 0 Å².